The van der Waals surface area contributed by atoms with Gasteiger partial charge in [0.25, 0.3) is 11.8 Å². The molecule has 4 aromatic rings. The number of alkyl halides is 1. The van der Waals surface area contributed by atoms with Crippen molar-refractivity contribution in [2.75, 3.05) is 13.1 Å². The lowest BCUT2D eigenvalue weighted by Gasteiger charge is -2.25. The van der Waals surface area contributed by atoms with E-state index >= 15 is 0 Å². The number of oxazole rings is 1. The third-order valence-corrected chi connectivity index (χ3v) is 8.27. The van der Waals surface area contributed by atoms with E-state index < -0.39 is 17.8 Å². The van der Waals surface area contributed by atoms with Crippen molar-refractivity contribution in [1.29, 1.82) is 0 Å². The predicted octanol–water partition coefficient (Wildman–Crippen LogP) is 5.36. The van der Waals surface area contributed by atoms with Crippen LogP contribution in [0, 0.1) is 13.8 Å². The van der Waals surface area contributed by atoms with E-state index in [1.807, 2.05) is 44.2 Å². The van der Waals surface area contributed by atoms with Crippen LogP contribution in [0.25, 0.3) is 0 Å². The highest BCUT2D eigenvalue weighted by atomic mass is 19.1. The van der Waals surface area contributed by atoms with Gasteiger partial charge in [0.2, 0.25) is 5.89 Å². The number of hydrogen-bond acceptors (Lipinski definition) is 7. The molecule has 0 aliphatic carbocycles. The topological polar surface area (TPSA) is 121 Å². The number of nitrogens with one attached hydrogen (secondary N) is 2. The third-order valence-electron chi connectivity index (χ3n) is 8.27. The molecule has 5 rings (SSSR count). The van der Waals surface area contributed by atoms with Crippen LogP contribution in [0.3, 0.4) is 0 Å². The van der Waals surface area contributed by atoms with Crippen molar-refractivity contribution in [3.05, 3.63) is 118 Å². The van der Waals surface area contributed by atoms with Crippen molar-refractivity contribution in [3.8, 4) is 0 Å². The zero-order valence-corrected chi connectivity index (χ0v) is 26.8. The van der Waals surface area contributed by atoms with Gasteiger partial charge in [0, 0.05) is 48.7 Å². The fourth-order valence-corrected chi connectivity index (χ4v) is 5.81. The lowest BCUT2D eigenvalue weighted by Crippen LogP contribution is -2.48. The Morgan fingerprint density at radius 1 is 1.09 bits per heavy atom. The van der Waals surface area contributed by atoms with Crippen LogP contribution in [-0.2, 0) is 18.6 Å². The fourth-order valence-electron chi connectivity index (χ4n) is 5.81. The third kappa shape index (κ3) is 8.24. The van der Waals surface area contributed by atoms with Gasteiger partial charge in [-0.05, 0) is 87.9 Å². The van der Waals surface area contributed by atoms with E-state index in [4.69, 9.17) is 4.42 Å². The first-order chi connectivity index (χ1) is 22.0. The summed E-state index contributed by atoms with van der Waals surface area (Å²) in [5.74, 6) is -0.0486. The summed E-state index contributed by atoms with van der Waals surface area (Å²) in [7, 11) is 0. The molecule has 1 aliphatic heterocycles. The van der Waals surface area contributed by atoms with E-state index in [1.54, 1.807) is 41.6 Å². The molecule has 3 N–H and O–H groups in total. The van der Waals surface area contributed by atoms with Crippen LogP contribution in [-0.4, -0.2) is 57.0 Å². The largest absolute Gasteiger partial charge is 0.446 e. The van der Waals surface area contributed by atoms with Gasteiger partial charge in [-0.2, -0.15) is 0 Å². The SMILES string of the molecule is Cc1cc(C(=O)N[C@@H](Cc2ccccc2)[C@H](O)CNCc2cncc(C(C)(C)F)c2)cc(C(=O)N2CCC[C@@H]2c2nc(C)co2)c1. The van der Waals surface area contributed by atoms with Crippen LogP contribution in [0.1, 0.15) is 87.3 Å². The van der Waals surface area contributed by atoms with Crippen molar-refractivity contribution in [3.63, 3.8) is 0 Å². The van der Waals surface area contributed by atoms with Crippen molar-refractivity contribution in [2.45, 2.75) is 77.4 Å². The fraction of sp³-hybridized carbons (Fsp3) is 0.389. The van der Waals surface area contributed by atoms with Gasteiger partial charge in [-0.3, -0.25) is 14.6 Å². The number of nitrogens with zero attached hydrogens (tertiary/aromatic N) is 3. The lowest BCUT2D eigenvalue weighted by atomic mass is 9.99. The Hall–Kier alpha value is -4.41. The molecule has 0 bridgehead atoms. The van der Waals surface area contributed by atoms with Gasteiger partial charge in [-0.1, -0.05) is 30.3 Å². The summed E-state index contributed by atoms with van der Waals surface area (Å²) in [5.41, 5.74) is 2.98. The van der Waals surface area contributed by atoms with Crippen LogP contribution >= 0.6 is 0 Å². The number of carbonyl (C=O) groups excluding carboxylic acids is 2. The minimum atomic E-state index is -1.51. The maximum atomic E-state index is 14.4. The number of aromatic nitrogens is 2. The molecule has 10 heteroatoms. The highest BCUT2D eigenvalue weighted by Gasteiger charge is 2.34. The van der Waals surface area contributed by atoms with Crippen molar-refractivity contribution in [1.82, 2.24) is 25.5 Å². The Balaban J connectivity index is 1.29. The maximum Gasteiger partial charge on any atom is 0.254 e. The minimum absolute atomic E-state index is 0.176. The molecule has 2 aromatic carbocycles. The molecule has 0 unspecified atom stereocenters. The molecule has 242 valence electrons. The first kappa shape index (κ1) is 33.0. The zero-order chi connectivity index (χ0) is 32.8. The number of benzene rings is 2. The summed E-state index contributed by atoms with van der Waals surface area (Å²) in [6.45, 7) is 7.78. The molecule has 3 heterocycles. The number of pyridine rings is 1. The zero-order valence-electron chi connectivity index (χ0n) is 26.8. The summed E-state index contributed by atoms with van der Waals surface area (Å²) >= 11 is 0. The normalized spacial score (nSPS) is 16.3. The van der Waals surface area contributed by atoms with Gasteiger partial charge in [-0.15, -0.1) is 0 Å². The first-order valence-electron chi connectivity index (χ1n) is 15.7. The van der Waals surface area contributed by atoms with Gasteiger partial charge in [0.1, 0.15) is 18.0 Å². The summed E-state index contributed by atoms with van der Waals surface area (Å²) in [6.07, 6.45) is 5.79. The number of amides is 2. The van der Waals surface area contributed by atoms with Crippen LogP contribution in [0.15, 0.2) is 77.7 Å². The molecular weight excluding hydrogens is 585 g/mol. The van der Waals surface area contributed by atoms with Crippen molar-refractivity contribution < 1.29 is 23.5 Å². The number of aryl methyl sites for hydroxylation is 2. The number of aliphatic hydroxyl groups is 1. The Kier molecular flexibility index (Phi) is 10.3. The molecule has 1 aliphatic rings. The molecule has 2 amide bonds. The summed E-state index contributed by atoms with van der Waals surface area (Å²) < 4.78 is 20.0. The highest BCUT2D eigenvalue weighted by molar-refractivity contribution is 6.00. The van der Waals surface area contributed by atoms with Crippen molar-refractivity contribution in [2.24, 2.45) is 0 Å². The molecule has 9 nitrogen and oxygen atoms in total. The Morgan fingerprint density at radius 3 is 2.57 bits per heavy atom. The number of rotatable bonds is 12. The minimum Gasteiger partial charge on any atom is -0.446 e. The lowest BCUT2D eigenvalue weighted by molar-refractivity contribution is 0.0715. The average Bonchev–Trinajstić information content (AvgIpc) is 3.69. The predicted molar refractivity (Wildman–Crippen MR) is 173 cm³/mol. The quantitative estimate of drug-likeness (QED) is 0.193. The second-order valence-corrected chi connectivity index (χ2v) is 12.6. The summed E-state index contributed by atoms with van der Waals surface area (Å²) in [5, 5.41) is 17.5. The monoisotopic (exact) mass is 627 g/mol. The van der Waals surface area contributed by atoms with Crippen LogP contribution in [0.2, 0.25) is 0 Å². The Labute approximate surface area is 269 Å². The second kappa shape index (κ2) is 14.3. The van der Waals surface area contributed by atoms with E-state index in [0.29, 0.717) is 42.1 Å². The maximum absolute atomic E-state index is 14.4. The van der Waals surface area contributed by atoms with Gasteiger partial charge in [0.05, 0.1) is 17.8 Å². The molecule has 3 atom stereocenters. The van der Waals surface area contributed by atoms with E-state index in [-0.39, 0.29) is 24.4 Å². The number of aliphatic hydroxyl groups excluding tert-OH is 1. The van der Waals surface area contributed by atoms with Gasteiger partial charge in [-0.25, -0.2) is 9.37 Å². The molecule has 0 saturated carbocycles. The van der Waals surface area contributed by atoms with E-state index in [9.17, 15) is 19.1 Å². The van der Waals surface area contributed by atoms with E-state index in [1.165, 1.54) is 20.0 Å². The molecule has 0 radical (unpaired) electrons. The average molecular weight is 628 g/mol. The highest BCUT2D eigenvalue weighted by Crippen LogP contribution is 2.33. The molecule has 2 aromatic heterocycles. The molecular formula is C36H42FN5O4. The molecule has 1 fully saturated rings. The van der Waals surface area contributed by atoms with Gasteiger partial charge in [0.15, 0.2) is 0 Å². The second-order valence-electron chi connectivity index (χ2n) is 12.6. The number of hydrogen-bond donors (Lipinski definition) is 3. The van der Waals surface area contributed by atoms with Crippen LogP contribution in [0.5, 0.6) is 0 Å². The van der Waals surface area contributed by atoms with Crippen LogP contribution < -0.4 is 10.6 Å². The first-order valence-corrected chi connectivity index (χ1v) is 15.7. The standard InChI is InChI=1S/C36H42FN5O4/c1-23-13-27(17-28(14-23)35(45)42-12-8-11-31(42)34-40-24(2)22-46-34)33(44)41-30(16-25-9-6-5-7-10-25)32(43)21-39-19-26-15-29(20-38-18-26)36(3,4)37/h5-7,9-10,13-15,17-18,20,22,30-32,39,43H,8,11-12,16,19,21H2,1-4H3,(H,41,44)/t30-,31+,32+/m0/s1. The van der Waals surface area contributed by atoms with E-state index in [0.717, 1.165) is 35.2 Å². The summed E-state index contributed by atoms with van der Waals surface area (Å²) in [6, 6.07) is 15.6. The number of carbonyl (C=O) groups is 2. The van der Waals surface area contributed by atoms with Crippen LogP contribution in [0.4, 0.5) is 4.39 Å². The Morgan fingerprint density at radius 2 is 1.85 bits per heavy atom. The summed E-state index contributed by atoms with van der Waals surface area (Å²) in [4.78, 5) is 37.7. The van der Waals surface area contributed by atoms with Crippen molar-refractivity contribution >= 4 is 11.8 Å². The van der Waals surface area contributed by atoms with Gasteiger partial charge < -0.3 is 25.1 Å². The smallest absolute Gasteiger partial charge is 0.254 e. The molecule has 46 heavy (non-hydrogen) atoms. The van der Waals surface area contributed by atoms with Gasteiger partial charge >= 0.3 is 0 Å². The molecule has 0 spiro atoms. The van der Waals surface area contributed by atoms with E-state index in [2.05, 4.69) is 20.6 Å². The Bertz CT molecular complexity index is 1650. The molecule has 1 saturated heterocycles. The number of likely N-dealkylation sites (tertiary alicyclic amines) is 1. The number of halogens is 1.